The first-order valence-electron chi connectivity index (χ1n) is 9.47. The van der Waals surface area contributed by atoms with Gasteiger partial charge in [0.05, 0.1) is 18.8 Å². The molecule has 0 N–H and O–H groups in total. The predicted molar refractivity (Wildman–Crippen MR) is 106 cm³/mol. The fraction of sp³-hybridized carbons (Fsp3) is 0.435. The van der Waals surface area contributed by atoms with E-state index in [2.05, 4.69) is 27.7 Å². The number of ether oxygens (including phenoxy) is 2. The number of rotatable bonds is 10. The zero-order chi connectivity index (χ0) is 18.9. The largest absolute Gasteiger partial charge is 0.490 e. The van der Waals surface area contributed by atoms with Crippen LogP contribution in [0.4, 0.5) is 0 Å². The van der Waals surface area contributed by atoms with E-state index in [0.29, 0.717) is 47.7 Å². The summed E-state index contributed by atoms with van der Waals surface area (Å²) in [5.41, 5.74) is 1.21. The van der Waals surface area contributed by atoms with Gasteiger partial charge in [-0.05, 0) is 36.8 Å². The van der Waals surface area contributed by atoms with E-state index in [1.165, 1.54) is 0 Å². The number of benzene rings is 2. The molecular weight excluding hydrogens is 324 g/mol. The quantitative estimate of drug-likeness (QED) is 0.508. The van der Waals surface area contributed by atoms with Crippen LogP contribution in [0.3, 0.4) is 0 Å². The molecule has 3 nitrogen and oxygen atoms in total. The van der Waals surface area contributed by atoms with Crippen molar-refractivity contribution < 1.29 is 14.3 Å². The average Bonchev–Trinajstić information content (AvgIpc) is 2.62. The SMILES string of the molecule is CC(C)CCOc1cccc(C(=O)c2ccccc2)c1OCCC(C)C. The summed E-state index contributed by atoms with van der Waals surface area (Å²) >= 11 is 0. The average molecular weight is 354 g/mol. The number of hydrogen-bond acceptors (Lipinski definition) is 3. The van der Waals surface area contributed by atoms with E-state index >= 15 is 0 Å². The maximum absolute atomic E-state index is 13.0. The summed E-state index contributed by atoms with van der Waals surface area (Å²) in [6, 6.07) is 14.9. The number of hydrogen-bond donors (Lipinski definition) is 0. The van der Waals surface area contributed by atoms with Crippen molar-refractivity contribution in [2.24, 2.45) is 11.8 Å². The van der Waals surface area contributed by atoms with Gasteiger partial charge >= 0.3 is 0 Å². The van der Waals surface area contributed by atoms with E-state index in [1.807, 2.05) is 48.5 Å². The van der Waals surface area contributed by atoms with E-state index in [1.54, 1.807) is 0 Å². The maximum atomic E-state index is 13.0. The van der Waals surface area contributed by atoms with Gasteiger partial charge < -0.3 is 9.47 Å². The lowest BCUT2D eigenvalue weighted by molar-refractivity contribution is 0.103. The van der Waals surface area contributed by atoms with Crippen LogP contribution in [0.5, 0.6) is 11.5 Å². The molecule has 26 heavy (non-hydrogen) atoms. The van der Waals surface area contributed by atoms with Crippen LogP contribution in [0.1, 0.15) is 56.5 Å². The summed E-state index contributed by atoms with van der Waals surface area (Å²) < 4.78 is 12.0. The number of para-hydroxylation sites is 1. The van der Waals surface area contributed by atoms with E-state index < -0.39 is 0 Å². The summed E-state index contributed by atoms with van der Waals surface area (Å²) in [6.45, 7) is 9.82. The van der Waals surface area contributed by atoms with Gasteiger partial charge in [0.25, 0.3) is 0 Å². The Morgan fingerprint density at radius 1 is 0.808 bits per heavy atom. The van der Waals surface area contributed by atoms with Crippen molar-refractivity contribution in [1.82, 2.24) is 0 Å². The minimum atomic E-state index is -0.0422. The molecule has 0 bridgehead atoms. The minimum Gasteiger partial charge on any atom is -0.490 e. The van der Waals surface area contributed by atoms with Gasteiger partial charge in [0, 0.05) is 5.56 Å². The normalized spacial score (nSPS) is 11.0. The van der Waals surface area contributed by atoms with Gasteiger partial charge in [0.1, 0.15) is 0 Å². The van der Waals surface area contributed by atoms with Crippen molar-refractivity contribution in [2.75, 3.05) is 13.2 Å². The third-order valence-electron chi connectivity index (χ3n) is 4.15. The molecule has 0 saturated carbocycles. The molecule has 2 aromatic carbocycles. The number of carbonyl (C=O) groups is 1. The molecular formula is C23H30O3. The zero-order valence-corrected chi connectivity index (χ0v) is 16.3. The molecule has 0 atom stereocenters. The van der Waals surface area contributed by atoms with Gasteiger partial charge in [-0.15, -0.1) is 0 Å². The van der Waals surface area contributed by atoms with Crippen LogP contribution in [-0.2, 0) is 0 Å². The van der Waals surface area contributed by atoms with Gasteiger partial charge in [-0.3, -0.25) is 4.79 Å². The Morgan fingerprint density at radius 3 is 2.04 bits per heavy atom. The number of ketones is 1. The Balaban J connectivity index is 2.28. The van der Waals surface area contributed by atoms with Gasteiger partial charge in [-0.25, -0.2) is 0 Å². The molecule has 0 aromatic heterocycles. The van der Waals surface area contributed by atoms with Crippen molar-refractivity contribution in [2.45, 2.75) is 40.5 Å². The standard InChI is InChI=1S/C23H30O3/c1-17(2)13-15-25-21-12-8-11-20(23(21)26-16-14-18(3)4)22(24)19-9-6-5-7-10-19/h5-12,17-18H,13-16H2,1-4H3. The molecule has 140 valence electrons. The van der Waals surface area contributed by atoms with Crippen molar-refractivity contribution in [1.29, 1.82) is 0 Å². The lowest BCUT2D eigenvalue weighted by atomic mass is 10.0. The summed E-state index contributed by atoms with van der Waals surface area (Å²) in [5.74, 6) is 2.27. The predicted octanol–water partition coefficient (Wildman–Crippen LogP) is 5.77. The highest BCUT2D eigenvalue weighted by atomic mass is 16.5. The summed E-state index contributed by atoms with van der Waals surface area (Å²) in [5, 5.41) is 0. The molecule has 0 saturated heterocycles. The zero-order valence-electron chi connectivity index (χ0n) is 16.3. The topological polar surface area (TPSA) is 35.5 Å². The first-order chi connectivity index (χ1) is 12.5. The van der Waals surface area contributed by atoms with E-state index in [0.717, 1.165) is 12.8 Å². The lowest BCUT2D eigenvalue weighted by Gasteiger charge is -2.17. The van der Waals surface area contributed by atoms with Crippen molar-refractivity contribution in [3.8, 4) is 11.5 Å². The third-order valence-corrected chi connectivity index (χ3v) is 4.15. The highest BCUT2D eigenvalue weighted by Gasteiger charge is 2.19. The van der Waals surface area contributed by atoms with E-state index in [9.17, 15) is 4.79 Å². The van der Waals surface area contributed by atoms with Crippen LogP contribution < -0.4 is 9.47 Å². The second-order valence-electron chi connectivity index (χ2n) is 7.39. The van der Waals surface area contributed by atoms with Crippen molar-refractivity contribution >= 4 is 5.78 Å². The first kappa shape index (κ1) is 20.0. The molecule has 0 aliphatic rings. The highest BCUT2D eigenvalue weighted by molar-refractivity contribution is 6.11. The van der Waals surface area contributed by atoms with Crippen LogP contribution in [-0.4, -0.2) is 19.0 Å². The summed E-state index contributed by atoms with van der Waals surface area (Å²) in [4.78, 5) is 13.0. The maximum Gasteiger partial charge on any atom is 0.196 e. The second kappa shape index (κ2) is 10.0. The second-order valence-corrected chi connectivity index (χ2v) is 7.39. The smallest absolute Gasteiger partial charge is 0.196 e. The Hall–Kier alpha value is -2.29. The van der Waals surface area contributed by atoms with Crippen molar-refractivity contribution in [3.63, 3.8) is 0 Å². The molecule has 0 aliphatic carbocycles. The van der Waals surface area contributed by atoms with Gasteiger partial charge in [0.15, 0.2) is 17.3 Å². The fourth-order valence-electron chi connectivity index (χ4n) is 2.50. The fourth-order valence-corrected chi connectivity index (χ4v) is 2.50. The van der Waals surface area contributed by atoms with Crippen LogP contribution in [0.15, 0.2) is 48.5 Å². The Kier molecular flexibility index (Phi) is 7.71. The lowest BCUT2D eigenvalue weighted by Crippen LogP contribution is -2.10. The Bertz CT molecular complexity index is 690. The third kappa shape index (κ3) is 5.91. The van der Waals surface area contributed by atoms with E-state index in [4.69, 9.17) is 9.47 Å². The molecule has 2 aromatic rings. The van der Waals surface area contributed by atoms with Crippen LogP contribution in [0.2, 0.25) is 0 Å². The minimum absolute atomic E-state index is 0.0422. The molecule has 0 fully saturated rings. The number of carbonyl (C=O) groups excluding carboxylic acids is 1. The molecule has 0 aliphatic heterocycles. The van der Waals surface area contributed by atoms with Gasteiger partial charge in [-0.2, -0.15) is 0 Å². The van der Waals surface area contributed by atoms with Gasteiger partial charge in [-0.1, -0.05) is 64.1 Å². The van der Waals surface area contributed by atoms with Crippen LogP contribution in [0.25, 0.3) is 0 Å². The summed E-state index contributed by atoms with van der Waals surface area (Å²) in [6.07, 6.45) is 1.89. The van der Waals surface area contributed by atoms with Crippen molar-refractivity contribution in [3.05, 3.63) is 59.7 Å². The molecule has 2 rings (SSSR count). The van der Waals surface area contributed by atoms with Gasteiger partial charge in [0.2, 0.25) is 0 Å². The monoisotopic (exact) mass is 354 g/mol. The molecule has 0 radical (unpaired) electrons. The molecule has 0 spiro atoms. The Morgan fingerprint density at radius 2 is 1.42 bits per heavy atom. The summed E-state index contributed by atoms with van der Waals surface area (Å²) in [7, 11) is 0. The molecule has 0 amide bonds. The Labute approximate surface area is 157 Å². The van der Waals surface area contributed by atoms with Crippen LogP contribution >= 0.6 is 0 Å². The molecule has 0 unspecified atom stereocenters. The van der Waals surface area contributed by atoms with Crippen LogP contribution in [0, 0.1) is 11.8 Å². The molecule has 0 heterocycles. The highest BCUT2D eigenvalue weighted by Crippen LogP contribution is 2.33. The molecule has 3 heteroatoms. The van der Waals surface area contributed by atoms with E-state index in [-0.39, 0.29) is 5.78 Å². The first-order valence-corrected chi connectivity index (χ1v) is 9.47.